The molecule has 2 amide bonds. The first kappa shape index (κ1) is 20.4. The lowest BCUT2D eigenvalue weighted by atomic mass is 10.1. The molecule has 144 valence electrons. The summed E-state index contributed by atoms with van der Waals surface area (Å²) in [5, 5.41) is 2.60. The van der Waals surface area contributed by atoms with Crippen LogP contribution in [0, 0.1) is 12.7 Å². The highest BCUT2D eigenvalue weighted by Crippen LogP contribution is 2.18. The Hall–Kier alpha value is -2.89. The Bertz CT molecular complexity index is 795. The summed E-state index contributed by atoms with van der Waals surface area (Å²) in [6, 6.07) is 13.0. The van der Waals surface area contributed by atoms with Gasteiger partial charge in [0.2, 0.25) is 5.91 Å². The maximum atomic E-state index is 13.7. The Morgan fingerprint density at radius 2 is 1.81 bits per heavy atom. The van der Waals surface area contributed by atoms with Gasteiger partial charge in [-0.2, -0.15) is 0 Å². The number of rotatable bonds is 8. The summed E-state index contributed by atoms with van der Waals surface area (Å²) < 4.78 is 19.1. The molecule has 0 saturated carbocycles. The van der Waals surface area contributed by atoms with Crippen molar-refractivity contribution >= 4 is 11.8 Å². The molecule has 0 saturated heterocycles. The highest BCUT2D eigenvalue weighted by Gasteiger charge is 2.28. The molecule has 0 fully saturated rings. The van der Waals surface area contributed by atoms with E-state index in [1.807, 2.05) is 38.1 Å². The van der Waals surface area contributed by atoms with Gasteiger partial charge in [0, 0.05) is 13.6 Å². The van der Waals surface area contributed by atoms with Gasteiger partial charge < -0.3 is 15.0 Å². The molecule has 27 heavy (non-hydrogen) atoms. The van der Waals surface area contributed by atoms with Crippen molar-refractivity contribution in [1.82, 2.24) is 10.2 Å². The molecule has 0 aliphatic heterocycles. The molecule has 0 bridgehead atoms. The standard InChI is InChI=1S/C21H25FN2O3/c1-4-18(21(26)23-3)24(13-16-10-6-5-9-15(16)2)20(25)14-27-19-12-8-7-11-17(19)22/h5-12,18H,4,13-14H2,1-3H3,(H,23,26)/t18-/m1/s1. The van der Waals surface area contributed by atoms with Crippen LogP contribution in [0.3, 0.4) is 0 Å². The summed E-state index contributed by atoms with van der Waals surface area (Å²) in [4.78, 5) is 26.6. The maximum absolute atomic E-state index is 13.7. The Morgan fingerprint density at radius 1 is 1.15 bits per heavy atom. The Morgan fingerprint density at radius 3 is 2.44 bits per heavy atom. The third-order valence-corrected chi connectivity index (χ3v) is 4.42. The van der Waals surface area contributed by atoms with Gasteiger partial charge in [-0.3, -0.25) is 9.59 Å². The number of carbonyl (C=O) groups is 2. The van der Waals surface area contributed by atoms with Crippen LogP contribution in [0.2, 0.25) is 0 Å². The summed E-state index contributed by atoms with van der Waals surface area (Å²) in [7, 11) is 1.54. The van der Waals surface area contributed by atoms with Gasteiger partial charge in [0.25, 0.3) is 5.91 Å². The molecule has 0 radical (unpaired) electrons. The molecule has 1 atom stereocenters. The third kappa shape index (κ3) is 5.29. The number of ether oxygens (including phenoxy) is 1. The molecule has 0 aliphatic rings. The van der Waals surface area contributed by atoms with Gasteiger partial charge in [-0.1, -0.05) is 43.3 Å². The molecule has 2 aromatic rings. The fourth-order valence-electron chi connectivity index (χ4n) is 2.84. The molecule has 0 aromatic heterocycles. The molecule has 0 heterocycles. The van der Waals surface area contributed by atoms with E-state index >= 15 is 0 Å². The van der Waals surface area contributed by atoms with E-state index in [4.69, 9.17) is 4.74 Å². The van der Waals surface area contributed by atoms with Crippen LogP contribution >= 0.6 is 0 Å². The number of nitrogens with one attached hydrogen (secondary N) is 1. The molecular weight excluding hydrogens is 347 g/mol. The van der Waals surface area contributed by atoms with Crippen LogP contribution < -0.4 is 10.1 Å². The molecule has 2 aromatic carbocycles. The minimum absolute atomic E-state index is 0.00897. The summed E-state index contributed by atoms with van der Waals surface area (Å²) >= 11 is 0. The van der Waals surface area contributed by atoms with E-state index in [2.05, 4.69) is 5.32 Å². The van der Waals surface area contributed by atoms with E-state index in [0.717, 1.165) is 11.1 Å². The van der Waals surface area contributed by atoms with E-state index in [1.54, 1.807) is 12.1 Å². The molecule has 5 nitrogen and oxygen atoms in total. The number of halogens is 1. The second kappa shape index (κ2) is 9.71. The molecule has 0 spiro atoms. The lowest BCUT2D eigenvalue weighted by Gasteiger charge is -2.30. The van der Waals surface area contributed by atoms with E-state index in [1.165, 1.54) is 24.1 Å². The summed E-state index contributed by atoms with van der Waals surface area (Å²) in [5.74, 6) is -1.15. The minimum atomic E-state index is -0.633. The van der Waals surface area contributed by atoms with Crippen molar-refractivity contribution in [2.75, 3.05) is 13.7 Å². The SMILES string of the molecule is CC[C@H](C(=O)NC)N(Cc1ccccc1C)C(=O)COc1ccccc1F. The smallest absolute Gasteiger partial charge is 0.261 e. The van der Waals surface area contributed by atoms with Gasteiger partial charge in [-0.05, 0) is 36.6 Å². The monoisotopic (exact) mass is 372 g/mol. The normalized spacial score (nSPS) is 11.6. The average Bonchev–Trinajstić information content (AvgIpc) is 2.68. The summed E-state index contributed by atoms with van der Waals surface area (Å²) in [5.41, 5.74) is 1.97. The van der Waals surface area contributed by atoms with Crippen LogP contribution in [0.25, 0.3) is 0 Å². The van der Waals surface area contributed by atoms with Crippen molar-refractivity contribution in [1.29, 1.82) is 0 Å². The second-order valence-electron chi connectivity index (χ2n) is 6.21. The zero-order chi connectivity index (χ0) is 19.8. The minimum Gasteiger partial charge on any atom is -0.481 e. The number of nitrogens with zero attached hydrogens (tertiary/aromatic N) is 1. The highest BCUT2D eigenvalue weighted by atomic mass is 19.1. The predicted molar refractivity (Wildman–Crippen MR) is 102 cm³/mol. The molecule has 6 heteroatoms. The number of hydrogen-bond acceptors (Lipinski definition) is 3. The number of hydrogen-bond donors (Lipinski definition) is 1. The topological polar surface area (TPSA) is 58.6 Å². The molecule has 0 aliphatic carbocycles. The Kier molecular flexibility index (Phi) is 7.34. The number of amides is 2. The predicted octanol–water partition coefficient (Wildman–Crippen LogP) is 3.07. The lowest BCUT2D eigenvalue weighted by molar-refractivity contribution is -0.142. The lowest BCUT2D eigenvalue weighted by Crippen LogP contribution is -2.49. The van der Waals surface area contributed by atoms with E-state index in [0.29, 0.717) is 6.42 Å². The second-order valence-corrected chi connectivity index (χ2v) is 6.21. The first-order valence-corrected chi connectivity index (χ1v) is 8.90. The van der Waals surface area contributed by atoms with Crippen LogP contribution in [0.1, 0.15) is 24.5 Å². The van der Waals surface area contributed by atoms with Crippen molar-refractivity contribution in [3.63, 3.8) is 0 Å². The highest BCUT2D eigenvalue weighted by molar-refractivity contribution is 5.88. The van der Waals surface area contributed by atoms with Crippen LogP contribution in [0.5, 0.6) is 5.75 Å². The summed E-state index contributed by atoms with van der Waals surface area (Å²) in [6.07, 6.45) is 0.455. The van der Waals surface area contributed by atoms with Crippen LogP contribution in [0.15, 0.2) is 48.5 Å². The van der Waals surface area contributed by atoms with Gasteiger partial charge in [-0.25, -0.2) is 4.39 Å². The number of para-hydroxylation sites is 1. The Balaban J connectivity index is 2.22. The van der Waals surface area contributed by atoms with Gasteiger partial charge in [0.1, 0.15) is 6.04 Å². The van der Waals surface area contributed by atoms with Gasteiger partial charge in [0.05, 0.1) is 0 Å². The fraction of sp³-hybridized carbons (Fsp3) is 0.333. The molecule has 1 N–H and O–H groups in total. The van der Waals surface area contributed by atoms with E-state index < -0.39 is 11.9 Å². The Labute approximate surface area is 159 Å². The van der Waals surface area contributed by atoms with Crippen molar-refractivity contribution in [3.05, 3.63) is 65.5 Å². The largest absolute Gasteiger partial charge is 0.481 e. The van der Waals surface area contributed by atoms with Crippen LogP contribution in [0.4, 0.5) is 4.39 Å². The molecular formula is C21H25FN2O3. The zero-order valence-corrected chi connectivity index (χ0v) is 15.9. The van der Waals surface area contributed by atoms with E-state index in [-0.39, 0.29) is 30.7 Å². The maximum Gasteiger partial charge on any atom is 0.261 e. The van der Waals surface area contributed by atoms with Crippen molar-refractivity contribution < 1.29 is 18.7 Å². The van der Waals surface area contributed by atoms with Crippen LogP contribution in [-0.4, -0.2) is 36.4 Å². The third-order valence-electron chi connectivity index (χ3n) is 4.42. The number of benzene rings is 2. The van der Waals surface area contributed by atoms with Gasteiger partial charge in [-0.15, -0.1) is 0 Å². The molecule has 2 rings (SSSR count). The number of carbonyl (C=O) groups excluding carboxylic acids is 2. The van der Waals surface area contributed by atoms with E-state index in [9.17, 15) is 14.0 Å². The number of aryl methyl sites for hydroxylation is 1. The van der Waals surface area contributed by atoms with Crippen molar-refractivity contribution in [2.45, 2.75) is 32.9 Å². The van der Waals surface area contributed by atoms with Crippen LogP contribution in [-0.2, 0) is 16.1 Å². The zero-order valence-electron chi connectivity index (χ0n) is 15.9. The average molecular weight is 372 g/mol. The fourth-order valence-corrected chi connectivity index (χ4v) is 2.84. The first-order chi connectivity index (χ1) is 13.0. The van der Waals surface area contributed by atoms with Gasteiger partial charge in [0.15, 0.2) is 18.2 Å². The number of likely N-dealkylation sites (N-methyl/N-ethyl adjacent to an activating group) is 1. The first-order valence-electron chi connectivity index (χ1n) is 8.90. The van der Waals surface area contributed by atoms with Crippen molar-refractivity contribution in [3.8, 4) is 5.75 Å². The van der Waals surface area contributed by atoms with Crippen molar-refractivity contribution in [2.24, 2.45) is 0 Å². The van der Waals surface area contributed by atoms with Gasteiger partial charge >= 0.3 is 0 Å². The summed E-state index contributed by atoms with van der Waals surface area (Å²) in [6.45, 7) is 3.73. The molecule has 0 unspecified atom stereocenters. The quantitative estimate of drug-likeness (QED) is 0.775.